The Morgan fingerprint density at radius 2 is 1.93 bits per heavy atom. The summed E-state index contributed by atoms with van der Waals surface area (Å²) in [6.07, 6.45) is 11.3. The van der Waals surface area contributed by atoms with Crippen LogP contribution < -0.4 is 10.6 Å². The predicted molar refractivity (Wildman–Crippen MR) is 155 cm³/mol. The highest BCUT2D eigenvalue weighted by molar-refractivity contribution is 7.13. The number of amides is 3. The number of anilines is 1. The Morgan fingerprint density at radius 1 is 1.10 bits per heavy atom. The summed E-state index contributed by atoms with van der Waals surface area (Å²) in [7, 11) is 0. The van der Waals surface area contributed by atoms with Gasteiger partial charge in [0.2, 0.25) is 5.90 Å². The summed E-state index contributed by atoms with van der Waals surface area (Å²) in [6.45, 7) is 3.55. The third-order valence-electron chi connectivity index (χ3n) is 7.00. The maximum Gasteiger partial charge on any atom is 0.334 e. The Bertz CT molecular complexity index is 1660. The van der Waals surface area contributed by atoms with Crippen LogP contribution in [0.2, 0.25) is 0 Å². The van der Waals surface area contributed by atoms with E-state index >= 15 is 0 Å². The number of rotatable bonds is 6. The number of ether oxygens (including phenoxy) is 1. The lowest BCUT2D eigenvalue weighted by Gasteiger charge is -2.31. The number of carbonyl (C=O) groups excluding carboxylic acids is 3. The van der Waals surface area contributed by atoms with Crippen molar-refractivity contribution in [2.24, 2.45) is 4.99 Å². The molecule has 13 nitrogen and oxygen atoms in total. The zero-order valence-electron chi connectivity index (χ0n) is 22.7. The number of imidazole rings is 1. The molecular weight excluding hydrogens is 558 g/mol. The van der Waals surface area contributed by atoms with E-state index in [1.807, 2.05) is 17.9 Å². The van der Waals surface area contributed by atoms with Crippen LogP contribution in [0.4, 0.5) is 15.4 Å². The molecule has 6 heterocycles. The maximum absolute atomic E-state index is 12.7. The number of esters is 1. The van der Waals surface area contributed by atoms with Gasteiger partial charge in [-0.2, -0.15) is 0 Å². The molecule has 3 amide bonds. The number of cyclic esters (lactones) is 1. The fourth-order valence-corrected chi connectivity index (χ4v) is 5.85. The third-order valence-corrected chi connectivity index (χ3v) is 7.90. The highest BCUT2D eigenvalue weighted by Crippen LogP contribution is 2.38. The molecule has 0 bridgehead atoms. The molecule has 0 saturated carbocycles. The molecule has 1 fully saturated rings. The van der Waals surface area contributed by atoms with Crippen molar-refractivity contribution >= 4 is 41.1 Å². The largest absolute Gasteiger partial charge is 0.406 e. The van der Waals surface area contributed by atoms with Gasteiger partial charge in [-0.3, -0.25) is 14.9 Å². The molecule has 0 aliphatic carbocycles. The highest BCUT2D eigenvalue weighted by Gasteiger charge is 2.27. The zero-order chi connectivity index (χ0) is 29.1. The van der Waals surface area contributed by atoms with Gasteiger partial charge in [0.15, 0.2) is 0 Å². The van der Waals surface area contributed by atoms with E-state index < -0.39 is 5.97 Å². The van der Waals surface area contributed by atoms with Crippen molar-refractivity contribution in [2.45, 2.75) is 25.7 Å². The molecule has 0 spiro atoms. The molecule has 4 aromatic heterocycles. The first-order valence-corrected chi connectivity index (χ1v) is 14.3. The summed E-state index contributed by atoms with van der Waals surface area (Å²) in [5.41, 5.74) is 3.78. The van der Waals surface area contributed by atoms with Gasteiger partial charge in [0.05, 0.1) is 11.3 Å². The Balaban J connectivity index is 1.27. The van der Waals surface area contributed by atoms with Gasteiger partial charge in [0, 0.05) is 78.6 Å². The highest BCUT2D eigenvalue weighted by atomic mass is 32.1. The van der Waals surface area contributed by atoms with Crippen molar-refractivity contribution in [1.29, 1.82) is 0 Å². The molecule has 4 aromatic rings. The van der Waals surface area contributed by atoms with Gasteiger partial charge in [-0.25, -0.2) is 34.3 Å². The molecule has 2 aliphatic heterocycles. The van der Waals surface area contributed by atoms with Crippen molar-refractivity contribution in [2.75, 3.05) is 31.5 Å². The number of aromatic nitrogens is 5. The number of nitrogens with one attached hydrogen (secondary N) is 2. The van der Waals surface area contributed by atoms with Gasteiger partial charge in [-0.1, -0.05) is 0 Å². The molecule has 0 atom stereocenters. The second-order valence-electron chi connectivity index (χ2n) is 9.75. The lowest BCUT2D eigenvalue weighted by atomic mass is 9.94. The van der Waals surface area contributed by atoms with Crippen molar-refractivity contribution in [1.82, 2.24) is 34.7 Å². The summed E-state index contributed by atoms with van der Waals surface area (Å²) < 4.78 is 6.71. The molecule has 0 unspecified atom stereocenters. The average Bonchev–Trinajstić information content (AvgIpc) is 3.80. The molecular formula is C28H27N9O4S. The summed E-state index contributed by atoms with van der Waals surface area (Å²) in [5.74, 6) is 0.402. The average molecular weight is 586 g/mol. The van der Waals surface area contributed by atoms with Gasteiger partial charge in [-0.05, 0) is 31.9 Å². The fraction of sp³-hybridized carbons (Fsp3) is 0.286. The molecule has 42 heavy (non-hydrogen) atoms. The first-order chi connectivity index (χ1) is 20.5. The van der Waals surface area contributed by atoms with Crippen LogP contribution in [-0.2, 0) is 9.53 Å². The van der Waals surface area contributed by atoms with E-state index in [-0.39, 0.29) is 30.4 Å². The summed E-state index contributed by atoms with van der Waals surface area (Å²) in [5, 5.41) is 8.29. The number of piperidine rings is 1. The maximum atomic E-state index is 12.7. The van der Waals surface area contributed by atoms with E-state index in [9.17, 15) is 14.4 Å². The Kier molecular flexibility index (Phi) is 7.68. The van der Waals surface area contributed by atoms with Crippen LogP contribution in [0.1, 0.15) is 36.9 Å². The SMILES string of the molecule is CCNC(=O)Nc1cc(-c2nc(C3CCN(C(=O)n4ccnc4)CC3)cs2)c(-c2cncc(C3=NCC(=O)O3)c2)cn1. The van der Waals surface area contributed by atoms with Crippen molar-refractivity contribution < 1.29 is 19.1 Å². The van der Waals surface area contributed by atoms with Crippen molar-refractivity contribution in [3.05, 3.63) is 66.1 Å². The minimum atomic E-state index is -0.411. The first-order valence-electron chi connectivity index (χ1n) is 13.5. The first kappa shape index (κ1) is 27.2. The van der Waals surface area contributed by atoms with Crippen LogP contribution in [0, 0.1) is 0 Å². The number of likely N-dealkylation sites (tertiary alicyclic amines) is 1. The molecule has 1 saturated heterocycles. The molecule has 2 N–H and O–H groups in total. The van der Waals surface area contributed by atoms with Crippen molar-refractivity contribution in [3.63, 3.8) is 0 Å². The summed E-state index contributed by atoms with van der Waals surface area (Å²) in [6, 6.07) is 3.20. The number of pyridine rings is 2. The predicted octanol–water partition coefficient (Wildman–Crippen LogP) is 3.76. The van der Waals surface area contributed by atoms with Crippen LogP contribution in [-0.4, -0.2) is 79.5 Å². The molecule has 214 valence electrons. The van der Waals surface area contributed by atoms with Crippen LogP contribution in [0.5, 0.6) is 0 Å². The smallest absolute Gasteiger partial charge is 0.334 e. The number of urea groups is 1. The van der Waals surface area contributed by atoms with Gasteiger partial charge >= 0.3 is 18.0 Å². The lowest BCUT2D eigenvalue weighted by Crippen LogP contribution is -2.40. The third kappa shape index (κ3) is 5.74. The van der Waals surface area contributed by atoms with Crippen LogP contribution >= 0.6 is 11.3 Å². The van der Waals surface area contributed by atoms with Crippen LogP contribution in [0.25, 0.3) is 21.7 Å². The molecule has 6 rings (SSSR count). The Labute approximate surface area is 244 Å². The minimum absolute atomic E-state index is 0.0227. The van der Waals surface area contributed by atoms with E-state index in [1.165, 1.54) is 22.2 Å². The van der Waals surface area contributed by atoms with E-state index in [0.29, 0.717) is 31.0 Å². The second kappa shape index (κ2) is 11.9. The number of nitrogens with zero attached hydrogens (tertiary/aromatic N) is 7. The zero-order valence-corrected chi connectivity index (χ0v) is 23.5. The van der Waals surface area contributed by atoms with Gasteiger partial charge < -0.3 is 15.0 Å². The number of hydrogen-bond donors (Lipinski definition) is 2. The number of hydrogen-bond acceptors (Lipinski definition) is 10. The summed E-state index contributed by atoms with van der Waals surface area (Å²) >= 11 is 1.50. The van der Waals surface area contributed by atoms with Gasteiger partial charge in [-0.15, -0.1) is 11.3 Å². The summed E-state index contributed by atoms with van der Waals surface area (Å²) in [4.78, 5) is 60.3. The number of aliphatic imine (C=N–C) groups is 1. The van der Waals surface area contributed by atoms with Gasteiger partial charge in [0.1, 0.15) is 23.7 Å². The van der Waals surface area contributed by atoms with Crippen molar-refractivity contribution in [3.8, 4) is 21.7 Å². The quantitative estimate of drug-likeness (QED) is 0.324. The minimum Gasteiger partial charge on any atom is -0.406 e. The van der Waals surface area contributed by atoms with Gasteiger partial charge in [0.25, 0.3) is 0 Å². The second-order valence-corrected chi connectivity index (χ2v) is 10.6. The van der Waals surface area contributed by atoms with E-state index in [2.05, 4.69) is 36.0 Å². The molecule has 0 radical (unpaired) electrons. The molecule has 2 aliphatic rings. The lowest BCUT2D eigenvalue weighted by molar-refractivity contribution is -0.132. The number of thiazole rings is 1. The van der Waals surface area contributed by atoms with E-state index in [1.54, 1.807) is 37.1 Å². The Morgan fingerprint density at radius 3 is 2.67 bits per heavy atom. The Hall–Kier alpha value is -4.98. The normalized spacial score (nSPS) is 15.3. The molecule has 14 heteroatoms. The van der Waals surface area contributed by atoms with E-state index in [0.717, 1.165) is 40.2 Å². The molecule has 0 aromatic carbocycles. The topological polar surface area (TPSA) is 157 Å². The van der Waals surface area contributed by atoms with Crippen LogP contribution in [0.15, 0.2) is 59.8 Å². The fourth-order valence-electron chi connectivity index (χ4n) is 4.91. The standard InChI is InChI=1S/C28H27N9O4S/c1-2-31-27(39)35-23-10-20(21(13-32-23)18-9-19(12-30-11-18)25-33-14-24(38)41-25)26-34-22(15-42-26)17-3-6-36(7-4-17)28(40)37-8-5-29-16-37/h5,8-13,15-17H,2-4,6-7,14H2,1H3,(H2,31,32,35,39). The van der Waals surface area contributed by atoms with E-state index in [4.69, 9.17) is 9.72 Å². The van der Waals surface area contributed by atoms with Crippen LogP contribution in [0.3, 0.4) is 0 Å². The number of carbonyl (C=O) groups is 3. The monoisotopic (exact) mass is 585 g/mol.